The number of amides is 1. The van der Waals surface area contributed by atoms with Crippen LogP contribution in [0.15, 0.2) is 24.3 Å². The lowest BCUT2D eigenvalue weighted by Crippen LogP contribution is -2.29. The number of nitrogens with zero attached hydrogens (tertiary/aromatic N) is 1. The zero-order chi connectivity index (χ0) is 17.7. The average molecular weight is 378 g/mol. The molecule has 24 heavy (non-hydrogen) atoms. The van der Waals surface area contributed by atoms with Gasteiger partial charge in [-0.15, -0.1) is 13.2 Å². The molecule has 1 aromatic rings. The number of thioether (sulfide) groups is 1. The number of benzene rings is 1. The number of halogens is 3. The van der Waals surface area contributed by atoms with Gasteiger partial charge in [0, 0.05) is 18.8 Å². The predicted molar refractivity (Wildman–Crippen MR) is 92.2 cm³/mol. The van der Waals surface area contributed by atoms with E-state index in [9.17, 15) is 18.0 Å². The van der Waals surface area contributed by atoms with E-state index in [0.717, 1.165) is 38.1 Å². The minimum absolute atomic E-state index is 0.258. The predicted octanol–water partition coefficient (Wildman–Crippen LogP) is 4.03. The Balaban J connectivity index is 1.85. The summed E-state index contributed by atoms with van der Waals surface area (Å²) in [5.41, 5.74) is 0.397. The van der Waals surface area contributed by atoms with Gasteiger partial charge in [-0.3, -0.25) is 4.79 Å². The Morgan fingerprint density at radius 2 is 1.88 bits per heavy atom. The molecule has 0 saturated carbocycles. The van der Waals surface area contributed by atoms with E-state index >= 15 is 0 Å². The molecule has 4 nitrogen and oxygen atoms in total. The highest BCUT2D eigenvalue weighted by Crippen LogP contribution is 2.25. The van der Waals surface area contributed by atoms with E-state index in [0.29, 0.717) is 10.0 Å². The average Bonchev–Trinajstić information content (AvgIpc) is 3.02. The van der Waals surface area contributed by atoms with Gasteiger partial charge in [-0.1, -0.05) is 24.0 Å². The Labute approximate surface area is 147 Å². The fourth-order valence-corrected chi connectivity index (χ4v) is 3.58. The first-order valence-electron chi connectivity index (χ1n) is 7.37. The number of hydrogen-bond donors (Lipinski definition) is 1. The summed E-state index contributed by atoms with van der Waals surface area (Å²) in [6, 6.07) is 5.01. The smallest absolute Gasteiger partial charge is 0.406 e. The maximum Gasteiger partial charge on any atom is 0.573 e. The third-order valence-electron chi connectivity index (χ3n) is 3.37. The number of thiocarbonyl (C=S) groups is 1. The third kappa shape index (κ3) is 5.86. The van der Waals surface area contributed by atoms with Gasteiger partial charge in [-0.2, -0.15) is 0 Å². The number of likely N-dealkylation sites (tertiary alicyclic amines) is 1. The van der Waals surface area contributed by atoms with Crippen LogP contribution in [0.25, 0.3) is 0 Å². The summed E-state index contributed by atoms with van der Waals surface area (Å²) in [6.45, 7) is 3.57. The van der Waals surface area contributed by atoms with Gasteiger partial charge in [0.2, 0.25) is 5.91 Å². The molecule has 1 amide bonds. The van der Waals surface area contributed by atoms with E-state index < -0.39 is 11.6 Å². The molecule has 0 bridgehead atoms. The van der Waals surface area contributed by atoms with Crippen molar-refractivity contribution in [1.82, 2.24) is 4.90 Å². The highest BCUT2D eigenvalue weighted by molar-refractivity contribution is 8.23. The van der Waals surface area contributed by atoms with Gasteiger partial charge in [-0.05, 0) is 44.0 Å². The second-order valence-corrected chi connectivity index (χ2v) is 7.26. The number of nitrogens with one attached hydrogen (secondary N) is 1. The molecule has 1 aliphatic rings. The zero-order valence-corrected chi connectivity index (χ0v) is 14.6. The number of ether oxygens (including phenoxy) is 1. The standard InChI is InChI=1S/C15H17F3N2O2S2/c1-10(24-14(23)20-8-2-3-9-20)13(21)19-11-4-6-12(7-5-11)22-15(16,17)18/h4-7,10H,2-3,8-9H2,1H3,(H,19,21). The molecule has 0 aliphatic carbocycles. The summed E-state index contributed by atoms with van der Waals surface area (Å²) in [5, 5.41) is 2.25. The molecule has 1 saturated heterocycles. The Hall–Kier alpha value is -1.48. The Bertz CT molecular complexity index is 587. The number of hydrogen-bond acceptors (Lipinski definition) is 4. The Morgan fingerprint density at radius 3 is 2.42 bits per heavy atom. The van der Waals surface area contributed by atoms with Gasteiger partial charge in [-0.25, -0.2) is 0 Å². The van der Waals surface area contributed by atoms with Gasteiger partial charge in [0.25, 0.3) is 0 Å². The minimum Gasteiger partial charge on any atom is -0.406 e. The zero-order valence-electron chi connectivity index (χ0n) is 12.9. The van der Waals surface area contributed by atoms with Crippen molar-refractivity contribution in [3.05, 3.63) is 24.3 Å². The van der Waals surface area contributed by atoms with Crippen LogP contribution in [0.2, 0.25) is 0 Å². The Morgan fingerprint density at radius 1 is 1.29 bits per heavy atom. The van der Waals surface area contributed by atoms with Crippen LogP contribution >= 0.6 is 24.0 Å². The van der Waals surface area contributed by atoms with Gasteiger partial charge >= 0.3 is 6.36 Å². The quantitative estimate of drug-likeness (QED) is 0.802. The molecule has 1 aromatic carbocycles. The van der Waals surface area contributed by atoms with Crippen molar-refractivity contribution in [1.29, 1.82) is 0 Å². The van der Waals surface area contributed by atoms with Crippen molar-refractivity contribution in [2.75, 3.05) is 18.4 Å². The van der Waals surface area contributed by atoms with Crippen LogP contribution in [0.4, 0.5) is 18.9 Å². The molecule has 0 aromatic heterocycles. The second-order valence-electron chi connectivity index (χ2n) is 5.28. The molecular weight excluding hydrogens is 361 g/mol. The molecule has 1 N–H and O–H groups in total. The lowest BCUT2D eigenvalue weighted by atomic mass is 10.3. The fourth-order valence-electron chi connectivity index (χ4n) is 2.16. The molecule has 2 rings (SSSR count). The molecule has 1 heterocycles. The molecule has 1 unspecified atom stereocenters. The van der Waals surface area contributed by atoms with Crippen molar-refractivity contribution in [3.8, 4) is 5.75 Å². The summed E-state index contributed by atoms with van der Waals surface area (Å²) in [7, 11) is 0. The van der Waals surface area contributed by atoms with Crippen LogP contribution in [0.5, 0.6) is 5.75 Å². The summed E-state index contributed by atoms with van der Waals surface area (Å²) in [6.07, 6.45) is -2.53. The highest BCUT2D eigenvalue weighted by atomic mass is 32.2. The molecule has 0 radical (unpaired) electrons. The number of carbonyl (C=O) groups is 1. The molecule has 1 aliphatic heterocycles. The summed E-state index contributed by atoms with van der Waals surface area (Å²) < 4.78 is 40.8. The van der Waals surface area contributed by atoms with E-state index in [1.54, 1.807) is 6.92 Å². The summed E-state index contributed by atoms with van der Waals surface area (Å²) in [4.78, 5) is 14.2. The molecule has 132 valence electrons. The molecule has 0 spiro atoms. The number of alkyl halides is 3. The van der Waals surface area contributed by atoms with Crippen molar-refractivity contribution in [2.24, 2.45) is 0 Å². The largest absolute Gasteiger partial charge is 0.573 e. The maximum absolute atomic E-state index is 12.2. The lowest BCUT2D eigenvalue weighted by molar-refractivity contribution is -0.274. The van der Waals surface area contributed by atoms with E-state index in [1.807, 2.05) is 0 Å². The Kier molecular flexibility index (Phi) is 6.34. The van der Waals surface area contributed by atoms with Gasteiger partial charge in [0.15, 0.2) is 0 Å². The van der Waals surface area contributed by atoms with Gasteiger partial charge in [0.1, 0.15) is 10.1 Å². The van der Waals surface area contributed by atoms with Crippen molar-refractivity contribution >= 4 is 39.9 Å². The normalized spacial score (nSPS) is 15.9. The fraction of sp³-hybridized carbons (Fsp3) is 0.467. The third-order valence-corrected chi connectivity index (χ3v) is 4.94. The minimum atomic E-state index is -4.73. The van der Waals surface area contributed by atoms with Crippen LogP contribution in [0, 0.1) is 0 Å². The topological polar surface area (TPSA) is 41.6 Å². The number of anilines is 1. The first-order chi connectivity index (χ1) is 11.2. The van der Waals surface area contributed by atoms with E-state index in [2.05, 4.69) is 15.0 Å². The molecule has 1 fully saturated rings. The van der Waals surface area contributed by atoms with Crippen molar-refractivity contribution in [2.45, 2.75) is 31.4 Å². The SMILES string of the molecule is CC(SC(=S)N1CCCC1)C(=O)Nc1ccc(OC(F)(F)F)cc1. The van der Waals surface area contributed by atoms with Crippen LogP contribution in [0.1, 0.15) is 19.8 Å². The van der Waals surface area contributed by atoms with Crippen LogP contribution in [-0.4, -0.2) is 39.8 Å². The number of rotatable bonds is 4. The van der Waals surface area contributed by atoms with Gasteiger partial charge in [0.05, 0.1) is 5.25 Å². The van der Waals surface area contributed by atoms with Crippen molar-refractivity contribution in [3.63, 3.8) is 0 Å². The summed E-state index contributed by atoms with van der Waals surface area (Å²) >= 11 is 6.63. The van der Waals surface area contributed by atoms with Crippen LogP contribution in [-0.2, 0) is 4.79 Å². The van der Waals surface area contributed by atoms with E-state index in [4.69, 9.17) is 12.2 Å². The van der Waals surface area contributed by atoms with E-state index in [-0.39, 0.29) is 11.7 Å². The van der Waals surface area contributed by atoms with E-state index in [1.165, 1.54) is 23.9 Å². The highest BCUT2D eigenvalue weighted by Gasteiger charge is 2.31. The second kappa shape index (κ2) is 8.06. The van der Waals surface area contributed by atoms with Crippen molar-refractivity contribution < 1.29 is 22.7 Å². The first kappa shape index (κ1) is 18.9. The van der Waals surface area contributed by atoms with Gasteiger partial charge < -0.3 is 15.0 Å². The van der Waals surface area contributed by atoms with Crippen LogP contribution < -0.4 is 10.1 Å². The maximum atomic E-state index is 12.2. The lowest BCUT2D eigenvalue weighted by Gasteiger charge is -2.20. The monoisotopic (exact) mass is 378 g/mol. The molecule has 9 heteroatoms. The first-order valence-corrected chi connectivity index (χ1v) is 8.65. The number of carbonyl (C=O) groups excluding carboxylic acids is 1. The molecular formula is C15H17F3N2O2S2. The van der Waals surface area contributed by atoms with Crippen LogP contribution in [0.3, 0.4) is 0 Å². The summed E-state index contributed by atoms with van der Waals surface area (Å²) in [5.74, 6) is -0.593. The molecule has 1 atom stereocenters.